The number of allylic oxidation sites excluding steroid dienone is 13. The predicted octanol–water partition coefficient (Wildman–Crippen LogP) is 25.0. The molecule has 81 heavy (non-hydrogen) atoms. The molecule has 4 heteroatoms. The molecule has 0 spiro atoms. The maximum Gasteiger partial charge on any atom is 0.220 e. The van der Waals surface area contributed by atoms with Crippen molar-refractivity contribution in [3.05, 3.63) is 85.1 Å². The highest BCUT2D eigenvalue weighted by Crippen LogP contribution is 2.19. The zero-order valence-corrected chi connectivity index (χ0v) is 54.6. The second-order valence-electron chi connectivity index (χ2n) is 24.6. The predicted molar refractivity (Wildman–Crippen MR) is 364 cm³/mol. The highest BCUT2D eigenvalue weighted by atomic mass is 16.3. The van der Waals surface area contributed by atoms with Crippen molar-refractivity contribution in [1.29, 1.82) is 0 Å². The number of unbranched alkanes of at least 4 members (excludes halogenated alkanes) is 48. The first-order valence-electron chi connectivity index (χ1n) is 36.3. The molecule has 1 amide bonds. The summed E-state index contributed by atoms with van der Waals surface area (Å²) in [7, 11) is 0. The summed E-state index contributed by atoms with van der Waals surface area (Å²) in [5.74, 6) is -0.0584. The fraction of sp³-hybridized carbons (Fsp3) is 0.805. The minimum absolute atomic E-state index is 0.0584. The summed E-state index contributed by atoms with van der Waals surface area (Å²) in [4.78, 5) is 12.6. The molecule has 0 aromatic carbocycles. The summed E-state index contributed by atoms with van der Waals surface area (Å²) in [6.45, 7) is 4.23. The first kappa shape index (κ1) is 78.6. The molecule has 0 bridgehead atoms. The van der Waals surface area contributed by atoms with Gasteiger partial charge in [0.1, 0.15) is 0 Å². The van der Waals surface area contributed by atoms with Crippen molar-refractivity contribution < 1.29 is 15.0 Å². The van der Waals surface area contributed by atoms with Crippen LogP contribution in [0.3, 0.4) is 0 Å². The van der Waals surface area contributed by atoms with E-state index in [9.17, 15) is 15.0 Å². The third-order valence-electron chi connectivity index (χ3n) is 16.6. The Balaban J connectivity index is 3.44. The van der Waals surface area contributed by atoms with Crippen molar-refractivity contribution in [3.8, 4) is 0 Å². The normalized spacial score (nSPS) is 13.2. The summed E-state index contributed by atoms with van der Waals surface area (Å²) in [5.41, 5.74) is 0. The number of hydrogen-bond acceptors (Lipinski definition) is 3. The van der Waals surface area contributed by atoms with Gasteiger partial charge in [0, 0.05) is 6.42 Å². The smallest absolute Gasteiger partial charge is 0.220 e. The summed E-state index contributed by atoms with van der Waals surface area (Å²) in [6.07, 6.45) is 105. The molecule has 2 atom stereocenters. The molecule has 0 aromatic rings. The first-order valence-corrected chi connectivity index (χ1v) is 36.3. The molecule has 0 aliphatic rings. The van der Waals surface area contributed by atoms with Crippen LogP contribution < -0.4 is 5.32 Å². The van der Waals surface area contributed by atoms with Crippen LogP contribution in [0, 0.1) is 0 Å². The quantitative estimate of drug-likeness (QED) is 0.0420. The van der Waals surface area contributed by atoms with Gasteiger partial charge in [-0.1, -0.05) is 388 Å². The number of hydrogen-bond donors (Lipinski definition) is 3. The Morgan fingerprint density at radius 1 is 0.309 bits per heavy atom. The molecule has 4 nitrogen and oxygen atoms in total. The van der Waals surface area contributed by atoms with Crippen LogP contribution in [0.1, 0.15) is 380 Å². The minimum atomic E-state index is -0.843. The van der Waals surface area contributed by atoms with Gasteiger partial charge < -0.3 is 15.5 Å². The van der Waals surface area contributed by atoms with E-state index in [2.05, 4.69) is 92.1 Å². The summed E-state index contributed by atoms with van der Waals surface area (Å²) in [5, 5.41) is 23.3. The van der Waals surface area contributed by atoms with Gasteiger partial charge in [-0.25, -0.2) is 0 Å². The Kier molecular flexibility index (Phi) is 69.7. The van der Waals surface area contributed by atoms with Crippen LogP contribution in [0.2, 0.25) is 0 Å². The lowest BCUT2D eigenvalue weighted by molar-refractivity contribution is -0.123. The van der Waals surface area contributed by atoms with Gasteiger partial charge in [0.15, 0.2) is 0 Å². The first-order chi connectivity index (χ1) is 40.2. The molecule has 0 rings (SSSR count). The lowest BCUT2D eigenvalue weighted by Gasteiger charge is -2.20. The van der Waals surface area contributed by atoms with Crippen molar-refractivity contribution in [3.63, 3.8) is 0 Å². The van der Waals surface area contributed by atoms with E-state index in [0.29, 0.717) is 6.42 Å². The van der Waals surface area contributed by atoms with Gasteiger partial charge in [0.25, 0.3) is 0 Å². The molecule has 0 aliphatic heterocycles. The average Bonchev–Trinajstić information content (AvgIpc) is 3.47. The lowest BCUT2D eigenvalue weighted by Crippen LogP contribution is -2.45. The van der Waals surface area contributed by atoms with Crippen LogP contribution in [-0.2, 0) is 4.79 Å². The van der Waals surface area contributed by atoms with Crippen molar-refractivity contribution >= 4 is 5.91 Å². The molecule has 0 heterocycles. The zero-order chi connectivity index (χ0) is 58.4. The lowest BCUT2D eigenvalue weighted by atomic mass is 10.0. The van der Waals surface area contributed by atoms with Gasteiger partial charge in [-0.05, 0) is 70.6 Å². The largest absolute Gasteiger partial charge is 0.394 e. The Morgan fingerprint density at radius 3 is 0.815 bits per heavy atom. The zero-order valence-electron chi connectivity index (χ0n) is 54.6. The van der Waals surface area contributed by atoms with Crippen molar-refractivity contribution in [2.75, 3.05) is 6.61 Å². The molecule has 0 saturated carbocycles. The maximum atomic E-state index is 12.6. The van der Waals surface area contributed by atoms with E-state index in [4.69, 9.17) is 0 Å². The van der Waals surface area contributed by atoms with E-state index in [0.717, 1.165) is 64.2 Å². The van der Waals surface area contributed by atoms with E-state index in [-0.39, 0.29) is 12.5 Å². The maximum absolute atomic E-state index is 12.6. The Morgan fingerprint density at radius 2 is 0.543 bits per heavy atom. The second kappa shape index (κ2) is 71.8. The number of rotatable bonds is 67. The van der Waals surface area contributed by atoms with Crippen molar-refractivity contribution in [2.24, 2.45) is 0 Å². The average molecular weight is 1130 g/mol. The molecule has 3 N–H and O–H groups in total. The third kappa shape index (κ3) is 68.2. The number of aliphatic hydroxyl groups is 2. The second-order valence-corrected chi connectivity index (χ2v) is 24.6. The van der Waals surface area contributed by atoms with E-state index in [1.165, 1.54) is 295 Å². The molecular formula is C77H141NO3. The van der Waals surface area contributed by atoms with Crippen molar-refractivity contribution in [1.82, 2.24) is 5.32 Å². The topological polar surface area (TPSA) is 69.6 Å². The summed E-state index contributed by atoms with van der Waals surface area (Å²) in [6, 6.07) is -0.626. The minimum Gasteiger partial charge on any atom is -0.394 e. The van der Waals surface area contributed by atoms with Gasteiger partial charge in [0.2, 0.25) is 5.91 Å². The fourth-order valence-corrected chi connectivity index (χ4v) is 11.2. The third-order valence-corrected chi connectivity index (χ3v) is 16.6. The highest BCUT2D eigenvalue weighted by molar-refractivity contribution is 5.76. The molecular weight excluding hydrogens is 987 g/mol. The number of aliphatic hydroxyl groups excluding tert-OH is 2. The molecule has 472 valence electrons. The van der Waals surface area contributed by atoms with Crippen LogP contribution in [0.25, 0.3) is 0 Å². The van der Waals surface area contributed by atoms with Crippen LogP contribution in [0.15, 0.2) is 85.1 Å². The Bertz CT molecular complexity index is 1420. The molecule has 0 aromatic heterocycles. The highest BCUT2D eigenvalue weighted by Gasteiger charge is 2.18. The monoisotopic (exact) mass is 1130 g/mol. The number of amides is 1. The molecule has 0 fully saturated rings. The van der Waals surface area contributed by atoms with Gasteiger partial charge in [-0.3, -0.25) is 4.79 Å². The van der Waals surface area contributed by atoms with E-state index < -0.39 is 12.1 Å². The Hall–Kier alpha value is -2.43. The summed E-state index contributed by atoms with van der Waals surface area (Å²) >= 11 is 0. The van der Waals surface area contributed by atoms with E-state index in [1.807, 2.05) is 6.08 Å². The SMILES string of the molecule is CC/C=C\C/C=C\C/C=C\C/C=C\C/C=C\C/C=C\CCCCCCCCCCCCCCCCCCCCCCC(=O)NC(CO)C(O)/C=C/CCCCCCCCCCCCCCCCCCCCCCCCCCCCCC. The van der Waals surface area contributed by atoms with Crippen LogP contribution >= 0.6 is 0 Å². The van der Waals surface area contributed by atoms with Gasteiger partial charge in [0.05, 0.1) is 18.8 Å². The molecule has 2 unspecified atom stereocenters. The number of carbonyl (C=O) groups excluding carboxylic acids is 1. The fourth-order valence-electron chi connectivity index (χ4n) is 11.2. The van der Waals surface area contributed by atoms with Gasteiger partial charge in [-0.2, -0.15) is 0 Å². The van der Waals surface area contributed by atoms with E-state index in [1.54, 1.807) is 6.08 Å². The van der Waals surface area contributed by atoms with E-state index >= 15 is 0 Å². The standard InChI is InChI=1S/C77H141NO3/c1-3-5-7-9-11-13-15-17-19-21-23-25-27-29-31-33-35-36-37-38-39-40-41-42-43-45-47-49-51-53-55-57-59-61-63-65-67-69-71-73-77(81)78-75(74-79)76(80)72-70-68-66-64-62-60-58-56-54-52-50-48-46-44-34-32-30-28-26-24-22-20-18-16-14-12-10-8-6-4-2/h5,7,11,13,17,19,23,25,29,31,35-36,70,72,75-76,79-80H,3-4,6,8-10,12,14-16,18,20-22,24,26-28,30,32-34,37-69,71,73-74H2,1-2H3,(H,78,81)/b7-5-,13-11-,19-17-,25-23-,31-29-,36-35-,72-70+. The summed E-state index contributed by atoms with van der Waals surface area (Å²) < 4.78 is 0. The number of nitrogens with one attached hydrogen (secondary N) is 1. The molecule has 0 aliphatic carbocycles. The van der Waals surface area contributed by atoms with Crippen molar-refractivity contribution in [2.45, 2.75) is 392 Å². The van der Waals surface area contributed by atoms with Crippen LogP contribution in [0.4, 0.5) is 0 Å². The van der Waals surface area contributed by atoms with Gasteiger partial charge in [-0.15, -0.1) is 0 Å². The molecule has 0 saturated heterocycles. The van der Waals surface area contributed by atoms with Crippen LogP contribution in [-0.4, -0.2) is 34.9 Å². The Labute approximate surface area is 507 Å². The number of carbonyl (C=O) groups is 1. The van der Waals surface area contributed by atoms with Gasteiger partial charge >= 0.3 is 0 Å². The molecule has 0 radical (unpaired) electrons. The van der Waals surface area contributed by atoms with Crippen LogP contribution in [0.5, 0.6) is 0 Å².